The summed E-state index contributed by atoms with van der Waals surface area (Å²) in [6.07, 6.45) is -3.84. The van der Waals surface area contributed by atoms with Gasteiger partial charge in [0.15, 0.2) is 0 Å². The minimum Gasteiger partial charge on any atom is -0.325 e. The van der Waals surface area contributed by atoms with E-state index in [0.29, 0.717) is 6.20 Å². The molecule has 1 aromatic carbocycles. The number of amides is 1. The molecular formula is C14H9F4N3O3S. The second kappa shape index (κ2) is 7.47. The molecule has 2 aromatic rings. The Bertz CT molecular complexity index is 797. The van der Waals surface area contributed by atoms with E-state index in [9.17, 15) is 32.5 Å². The standard InChI is InChI=1S/C14H9F4N3O3S/c15-10-3-2-9(5-11(10)21(23)24)20-12(22)7-25-13-4-1-8(6-19-13)14(16,17)18/h1-6H,7H2,(H,20,22). The lowest BCUT2D eigenvalue weighted by molar-refractivity contribution is -0.387. The predicted octanol–water partition coefficient (Wildman–Crippen LogP) is 3.88. The van der Waals surface area contributed by atoms with Crippen molar-refractivity contribution in [3.05, 3.63) is 58.0 Å². The second-order valence-corrected chi connectivity index (χ2v) is 5.64. The number of nitro benzene ring substituents is 1. The lowest BCUT2D eigenvalue weighted by atomic mass is 10.2. The van der Waals surface area contributed by atoms with E-state index in [4.69, 9.17) is 0 Å². The normalized spacial score (nSPS) is 11.2. The van der Waals surface area contributed by atoms with Crippen LogP contribution in [-0.4, -0.2) is 21.6 Å². The van der Waals surface area contributed by atoms with Crippen molar-refractivity contribution in [1.29, 1.82) is 0 Å². The maximum atomic E-state index is 13.2. The van der Waals surface area contributed by atoms with Gasteiger partial charge >= 0.3 is 11.9 Å². The van der Waals surface area contributed by atoms with E-state index in [-0.39, 0.29) is 16.5 Å². The minimum atomic E-state index is -4.50. The number of nitrogens with one attached hydrogen (secondary N) is 1. The Labute approximate surface area is 142 Å². The summed E-state index contributed by atoms with van der Waals surface area (Å²) in [6.45, 7) is 0. The molecule has 1 heterocycles. The van der Waals surface area contributed by atoms with Gasteiger partial charge in [-0.15, -0.1) is 0 Å². The number of pyridine rings is 1. The Morgan fingerprint density at radius 1 is 1.28 bits per heavy atom. The first-order valence-corrected chi connectivity index (χ1v) is 7.55. The van der Waals surface area contributed by atoms with Crippen LogP contribution in [0, 0.1) is 15.9 Å². The molecule has 6 nitrogen and oxygen atoms in total. The van der Waals surface area contributed by atoms with E-state index in [1.165, 1.54) is 0 Å². The van der Waals surface area contributed by atoms with Gasteiger partial charge in [-0.3, -0.25) is 14.9 Å². The molecule has 0 atom stereocenters. The number of carbonyl (C=O) groups is 1. The molecule has 0 bridgehead atoms. The lowest BCUT2D eigenvalue weighted by Gasteiger charge is -2.07. The van der Waals surface area contributed by atoms with Gasteiger partial charge < -0.3 is 5.32 Å². The summed E-state index contributed by atoms with van der Waals surface area (Å²) < 4.78 is 50.4. The Kier molecular flexibility index (Phi) is 5.57. The molecule has 0 saturated carbocycles. The second-order valence-electron chi connectivity index (χ2n) is 4.64. The van der Waals surface area contributed by atoms with Crippen LogP contribution in [-0.2, 0) is 11.0 Å². The summed E-state index contributed by atoms with van der Waals surface area (Å²) in [7, 11) is 0. The van der Waals surface area contributed by atoms with Gasteiger partial charge in [-0.05, 0) is 24.3 Å². The van der Waals surface area contributed by atoms with Crippen LogP contribution in [0.1, 0.15) is 5.56 Å². The van der Waals surface area contributed by atoms with Crippen LogP contribution in [0.5, 0.6) is 0 Å². The van der Waals surface area contributed by atoms with Crippen LogP contribution in [0.3, 0.4) is 0 Å². The van der Waals surface area contributed by atoms with E-state index >= 15 is 0 Å². The van der Waals surface area contributed by atoms with Crippen LogP contribution in [0.2, 0.25) is 0 Å². The number of nitro groups is 1. The van der Waals surface area contributed by atoms with Crippen LogP contribution < -0.4 is 5.32 Å². The number of aromatic nitrogens is 1. The van der Waals surface area contributed by atoms with E-state index in [0.717, 1.165) is 42.1 Å². The maximum absolute atomic E-state index is 13.2. The largest absolute Gasteiger partial charge is 0.417 e. The number of nitrogens with zero attached hydrogens (tertiary/aromatic N) is 2. The molecule has 0 fully saturated rings. The monoisotopic (exact) mass is 375 g/mol. The molecule has 0 radical (unpaired) electrons. The molecule has 11 heteroatoms. The molecule has 0 aliphatic rings. The van der Waals surface area contributed by atoms with Crippen molar-refractivity contribution in [3.63, 3.8) is 0 Å². The Morgan fingerprint density at radius 2 is 2.00 bits per heavy atom. The molecule has 0 aliphatic heterocycles. The average Bonchev–Trinajstić information content (AvgIpc) is 2.54. The SMILES string of the molecule is O=C(CSc1ccc(C(F)(F)F)cn1)Nc1ccc(F)c([N+](=O)[O-])c1. The fourth-order valence-corrected chi connectivity index (χ4v) is 2.34. The van der Waals surface area contributed by atoms with Gasteiger partial charge in [-0.2, -0.15) is 17.6 Å². The van der Waals surface area contributed by atoms with E-state index in [2.05, 4.69) is 10.3 Å². The Balaban J connectivity index is 1.95. The van der Waals surface area contributed by atoms with Crippen molar-refractivity contribution in [2.75, 3.05) is 11.1 Å². The average molecular weight is 375 g/mol. The molecule has 1 aromatic heterocycles. The first-order chi connectivity index (χ1) is 11.7. The third-order valence-corrected chi connectivity index (χ3v) is 3.79. The molecular weight excluding hydrogens is 366 g/mol. The highest BCUT2D eigenvalue weighted by molar-refractivity contribution is 7.99. The minimum absolute atomic E-state index is 0.0269. The number of carbonyl (C=O) groups excluding carboxylic acids is 1. The number of thioether (sulfide) groups is 1. The Morgan fingerprint density at radius 3 is 2.56 bits per heavy atom. The highest BCUT2D eigenvalue weighted by atomic mass is 32.2. The summed E-state index contributed by atoms with van der Waals surface area (Å²) in [5.41, 5.74) is -1.66. The topological polar surface area (TPSA) is 85.1 Å². The summed E-state index contributed by atoms with van der Waals surface area (Å²) in [5.74, 6) is -1.80. The number of anilines is 1. The van der Waals surface area contributed by atoms with Gasteiger partial charge in [0.1, 0.15) is 0 Å². The number of rotatable bonds is 5. The summed E-state index contributed by atoms with van der Waals surface area (Å²) in [6, 6.07) is 4.84. The van der Waals surface area contributed by atoms with Gasteiger partial charge in [0.25, 0.3) is 0 Å². The highest BCUT2D eigenvalue weighted by Gasteiger charge is 2.30. The number of hydrogen-bond acceptors (Lipinski definition) is 5. The van der Waals surface area contributed by atoms with Crippen LogP contribution in [0.25, 0.3) is 0 Å². The van der Waals surface area contributed by atoms with Crippen molar-refractivity contribution in [2.45, 2.75) is 11.2 Å². The van der Waals surface area contributed by atoms with Gasteiger partial charge in [-0.25, -0.2) is 4.98 Å². The predicted molar refractivity (Wildman–Crippen MR) is 81.6 cm³/mol. The smallest absolute Gasteiger partial charge is 0.325 e. The molecule has 0 saturated heterocycles. The fraction of sp³-hybridized carbons (Fsp3) is 0.143. The van der Waals surface area contributed by atoms with Crippen molar-refractivity contribution >= 4 is 29.0 Å². The van der Waals surface area contributed by atoms with Crippen LogP contribution >= 0.6 is 11.8 Å². The van der Waals surface area contributed by atoms with E-state index < -0.39 is 34.1 Å². The summed E-state index contributed by atoms with van der Waals surface area (Å²) >= 11 is 0.882. The number of halogens is 4. The molecule has 1 N–H and O–H groups in total. The number of alkyl halides is 3. The molecule has 2 rings (SSSR count). The van der Waals surface area contributed by atoms with Gasteiger partial charge in [0.05, 0.1) is 21.3 Å². The Hall–Kier alpha value is -2.69. The number of hydrogen-bond donors (Lipinski definition) is 1. The van der Waals surface area contributed by atoms with Crippen LogP contribution in [0.15, 0.2) is 41.6 Å². The zero-order valence-corrected chi connectivity index (χ0v) is 13.0. The van der Waals surface area contributed by atoms with Crippen LogP contribution in [0.4, 0.5) is 28.9 Å². The van der Waals surface area contributed by atoms with Crippen molar-refractivity contribution in [3.8, 4) is 0 Å². The van der Waals surface area contributed by atoms with Gasteiger partial charge in [-0.1, -0.05) is 11.8 Å². The van der Waals surface area contributed by atoms with Crippen molar-refractivity contribution < 1.29 is 27.3 Å². The highest BCUT2D eigenvalue weighted by Crippen LogP contribution is 2.29. The molecule has 25 heavy (non-hydrogen) atoms. The van der Waals surface area contributed by atoms with E-state index in [1.807, 2.05) is 0 Å². The zero-order chi connectivity index (χ0) is 18.6. The first-order valence-electron chi connectivity index (χ1n) is 6.56. The molecule has 132 valence electrons. The number of benzene rings is 1. The van der Waals surface area contributed by atoms with Crippen molar-refractivity contribution in [2.24, 2.45) is 0 Å². The van der Waals surface area contributed by atoms with Gasteiger partial charge in [0, 0.05) is 18.0 Å². The lowest BCUT2D eigenvalue weighted by Crippen LogP contribution is -2.14. The zero-order valence-electron chi connectivity index (χ0n) is 12.2. The van der Waals surface area contributed by atoms with Gasteiger partial charge in [0.2, 0.25) is 11.7 Å². The molecule has 0 spiro atoms. The summed E-state index contributed by atoms with van der Waals surface area (Å²) in [4.78, 5) is 25.1. The third kappa shape index (κ3) is 5.14. The van der Waals surface area contributed by atoms with E-state index in [1.54, 1.807) is 0 Å². The fourth-order valence-electron chi connectivity index (χ4n) is 1.70. The first kappa shape index (κ1) is 18.6. The molecule has 0 aliphatic carbocycles. The summed E-state index contributed by atoms with van der Waals surface area (Å²) in [5, 5.41) is 13.2. The third-order valence-electron chi connectivity index (χ3n) is 2.84. The maximum Gasteiger partial charge on any atom is 0.417 e. The van der Waals surface area contributed by atoms with Crippen molar-refractivity contribution in [1.82, 2.24) is 4.98 Å². The molecule has 1 amide bonds. The molecule has 0 unspecified atom stereocenters. The quantitative estimate of drug-likeness (QED) is 0.371.